The maximum atomic E-state index is 13.4. The van der Waals surface area contributed by atoms with E-state index in [4.69, 9.17) is 9.26 Å². The van der Waals surface area contributed by atoms with E-state index in [2.05, 4.69) is 44.6 Å². The minimum atomic E-state index is -0.645. The number of hydrogen-bond donors (Lipinski definition) is 2. The van der Waals surface area contributed by atoms with Gasteiger partial charge in [-0.05, 0) is 64.5 Å². The van der Waals surface area contributed by atoms with E-state index in [-0.39, 0.29) is 24.0 Å². The number of aliphatic hydroxyl groups excluding tert-OH is 1. The summed E-state index contributed by atoms with van der Waals surface area (Å²) in [7, 11) is 1.96. The van der Waals surface area contributed by atoms with Gasteiger partial charge in [0.25, 0.3) is 0 Å². The summed E-state index contributed by atoms with van der Waals surface area (Å²) < 4.78 is 11.4. The van der Waals surface area contributed by atoms with Crippen LogP contribution in [0.4, 0.5) is 10.6 Å². The predicted octanol–water partition coefficient (Wildman–Crippen LogP) is 4.65. The molecule has 49 heavy (non-hydrogen) atoms. The molecule has 2 amide bonds. The third-order valence-corrected chi connectivity index (χ3v) is 10.5. The molecule has 5 rings (SSSR count). The van der Waals surface area contributed by atoms with Crippen molar-refractivity contribution in [2.45, 2.75) is 90.0 Å². The lowest BCUT2D eigenvalue weighted by molar-refractivity contribution is -0.125. The van der Waals surface area contributed by atoms with Crippen LogP contribution in [-0.2, 0) is 20.7 Å². The minimum Gasteiger partial charge on any atom is -0.444 e. The number of aryl methyl sites for hydroxylation is 1. The fourth-order valence-corrected chi connectivity index (χ4v) is 7.45. The fraction of sp³-hybridized carbons (Fsp3) is 0.583. The van der Waals surface area contributed by atoms with Gasteiger partial charge in [0.1, 0.15) is 17.6 Å². The third kappa shape index (κ3) is 9.25. The number of aldehydes is 1. The second kappa shape index (κ2) is 15.8. The number of hydrogen-bond acceptors (Lipinski definition) is 11. The summed E-state index contributed by atoms with van der Waals surface area (Å²) in [5.74, 6) is 0.315. The molecule has 1 aromatic carbocycles. The summed E-state index contributed by atoms with van der Waals surface area (Å²) in [5.41, 5.74) is 4.58. The Morgan fingerprint density at radius 2 is 1.94 bits per heavy atom. The molecule has 0 spiro atoms. The van der Waals surface area contributed by atoms with Crippen molar-refractivity contribution < 1.29 is 28.8 Å². The number of carbonyl (C=O) groups is 3. The molecule has 4 atom stereocenters. The van der Waals surface area contributed by atoms with Crippen LogP contribution in [0.1, 0.15) is 69.9 Å². The number of amides is 2. The molecule has 12 nitrogen and oxygen atoms in total. The van der Waals surface area contributed by atoms with E-state index in [1.54, 1.807) is 16.2 Å². The van der Waals surface area contributed by atoms with Gasteiger partial charge in [-0.25, -0.2) is 9.78 Å². The first kappa shape index (κ1) is 36.5. The predicted molar refractivity (Wildman–Crippen MR) is 189 cm³/mol. The number of benzene rings is 1. The van der Waals surface area contributed by atoms with Gasteiger partial charge in [0, 0.05) is 63.7 Å². The van der Waals surface area contributed by atoms with Crippen LogP contribution in [0.2, 0.25) is 0 Å². The zero-order valence-electron chi connectivity index (χ0n) is 29.4. The average molecular weight is 695 g/mol. The molecule has 2 N–H and O–H groups in total. The van der Waals surface area contributed by atoms with Gasteiger partial charge in [0.15, 0.2) is 5.82 Å². The number of nitrogens with zero attached hydrogens (tertiary/aromatic N) is 5. The number of rotatable bonds is 12. The Labute approximate surface area is 292 Å². The highest BCUT2D eigenvalue weighted by atomic mass is 32.1. The zero-order chi connectivity index (χ0) is 35.3. The van der Waals surface area contributed by atoms with Crippen molar-refractivity contribution in [3.8, 4) is 10.4 Å². The molecule has 3 aromatic rings. The Morgan fingerprint density at radius 3 is 2.57 bits per heavy atom. The number of thiazole rings is 1. The van der Waals surface area contributed by atoms with E-state index in [0.717, 1.165) is 40.8 Å². The standard InChI is InChI=1S/C36H50N6O6S/c1-23(21-43)29(31-18-32(39-48-31)40(6)27-12-15-41(16-13-27)35(46)47-36(3,4)5)20-42-19-28(44)17-30(42)34(45)37-14-11-25-7-9-26(10-8-25)33-24(2)38-22-49-33/h7-10,18,21-23,27-30,44H,11-17,19-20H2,1-6H3,(H,37,45)/t23-,28-,29-,30+/m1/s1. The number of carbonyl (C=O) groups excluding carboxylic acids is 3. The summed E-state index contributed by atoms with van der Waals surface area (Å²) in [5, 5.41) is 18.0. The van der Waals surface area contributed by atoms with Crippen LogP contribution in [0.5, 0.6) is 0 Å². The highest BCUT2D eigenvalue weighted by Crippen LogP contribution is 2.32. The van der Waals surface area contributed by atoms with Gasteiger partial charge in [-0.1, -0.05) is 36.3 Å². The topological polar surface area (TPSA) is 141 Å². The lowest BCUT2D eigenvalue weighted by Gasteiger charge is -2.37. The molecule has 266 valence electrons. The van der Waals surface area contributed by atoms with Crippen LogP contribution >= 0.6 is 11.3 Å². The molecule has 13 heteroatoms. The van der Waals surface area contributed by atoms with Crippen LogP contribution in [0.25, 0.3) is 10.4 Å². The van der Waals surface area contributed by atoms with E-state index in [1.165, 1.54) is 0 Å². The highest BCUT2D eigenvalue weighted by Gasteiger charge is 2.39. The quantitative estimate of drug-likeness (QED) is 0.257. The summed E-state index contributed by atoms with van der Waals surface area (Å²) >= 11 is 1.62. The van der Waals surface area contributed by atoms with Gasteiger partial charge < -0.3 is 34.3 Å². The van der Waals surface area contributed by atoms with Crippen molar-refractivity contribution in [3.05, 3.63) is 52.9 Å². The monoisotopic (exact) mass is 694 g/mol. The van der Waals surface area contributed by atoms with Crippen molar-refractivity contribution in [1.29, 1.82) is 0 Å². The largest absolute Gasteiger partial charge is 0.444 e. The molecule has 2 aliphatic heterocycles. The average Bonchev–Trinajstić information content (AvgIpc) is 3.82. The van der Waals surface area contributed by atoms with Gasteiger partial charge in [-0.15, -0.1) is 11.3 Å². The van der Waals surface area contributed by atoms with E-state index < -0.39 is 23.7 Å². The van der Waals surface area contributed by atoms with Crippen molar-refractivity contribution in [1.82, 2.24) is 25.3 Å². The van der Waals surface area contributed by atoms with Gasteiger partial charge in [-0.3, -0.25) is 9.69 Å². The number of likely N-dealkylation sites (tertiary alicyclic amines) is 2. The van der Waals surface area contributed by atoms with Crippen LogP contribution < -0.4 is 10.2 Å². The molecule has 0 bridgehead atoms. The normalized spacial score (nSPS) is 20.2. The summed E-state index contributed by atoms with van der Waals surface area (Å²) in [6.45, 7) is 11.8. The second-order valence-corrected chi connectivity index (χ2v) is 15.2. The Morgan fingerprint density at radius 1 is 1.22 bits per heavy atom. The second-order valence-electron chi connectivity index (χ2n) is 14.4. The first-order valence-corrected chi connectivity index (χ1v) is 18.0. The summed E-state index contributed by atoms with van der Waals surface area (Å²) in [6.07, 6.45) is 2.47. The lowest BCUT2D eigenvalue weighted by atomic mass is 9.91. The van der Waals surface area contributed by atoms with Crippen LogP contribution in [0, 0.1) is 12.8 Å². The van der Waals surface area contributed by atoms with Crippen molar-refractivity contribution in [2.75, 3.05) is 44.7 Å². The smallest absolute Gasteiger partial charge is 0.410 e. The first-order chi connectivity index (χ1) is 23.3. The molecular formula is C36H50N6O6S. The molecule has 2 aliphatic rings. The molecule has 0 unspecified atom stereocenters. The van der Waals surface area contributed by atoms with E-state index in [9.17, 15) is 19.5 Å². The van der Waals surface area contributed by atoms with Crippen molar-refractivity contribution in [3.63, 3.8) is 0 Å². The zero-order valence-corrected chi connectivity index (χ0v) is 30.2. The number of aliphatic hydroxyl groups is 1. The molecule has 4 heterocycles. The van der Waals surface area contributed by atoms with Crippen molar-refractivity contribution in [2.24, 2.45) is 5.92 Å². The van der Waals surface area contributed by atoms with Gasteiger partial charge in [0.05, 0.1) is 28.2 Å². The number of piperidine rings is 1. The number of anilines is 1. The maximum Gasteiger partial charge on any atom is 0.410 e. The first-order valence-electron chi connectivity index (χ1n) is 17.1. The van der Waals surface area contributed by atoms with Gasteiger partial charge in [0.2, 0.25) is 5.91 Å². The molecule has 2 saturated heterocycles. The Balaban J connectivity index is 1.16. The third-order valence-electron chi connectivity index (χ3n) is 9.55. The molecular weight excluding hydrogens is 644 g/mol. The molecule has 0 aliphatic carbocycles. The van der Waals surface area contributed by atoms with E-state index in [0.29, 0.717) is 57.1 Å². The Kier molecular flexibility index (Phi) is 11.8. The number of aromatic nitrogens is 2. The van der Waals surface area contributed by atoms with Crippen LogP contribution in [0.15, 0.2) is 40.4 Å². The molecule has 2 fully saturated rings. The number of β-amino-alcohol motifs (C(OH)–C–C–N with tert-alkyl or cyclic N) is 1. The molecule has 0 radical (unpaired) electrons. The lowest BCUT2D eigenvalue weighted by Crippen LogP contribution is -2.47. The van der Waals surface area contributed by atoms with Gasteiger partial charge in [-0.2, -0.15) is 0 Å². The van der Waals surface area contributed by atoms with Crippen LogP contribution in [0.3, 0.4) is 0 Å². The van der Waals surface area contributed by atoms with Gasteiger partial charge >= 0.3 is 6.09 Å². The summed E-state index contributed by atoms with van der Waals surface area (Å²) in [6, 6.07) is 9.83. The van der Waals surface area contributed by atoms with E-state index >= 15 is 0 Å². The molecule has 2 aromatic heterocycles. The van der Waals surface area contributed by atoms with Crippen LogP contribution in [-0.4, -0.2) is 107 Å². The maximum absolute atomic E-state index is 13.4. The minimum absolute atomic E-state index is 0.137. The van der Waals surface area contributed by atoms with E-state index in [1.807, 2.05) is 58.1 Å². The summed E-state index contributed by atoms with van der Waals surface area (Å²) in [4.78, 5) is 49.2. The Hall–Kier alpha value is -3.81. The fourth-order valence-electron chi connectivity index (χ4n) is 6.64. The number of nitrogens with one attached hydrogen (secondary N) is 1. The number of ether oxygens (including phenoxy) is 1. The van der Waals surface area contributed by atoms with Crippen molar-refractivity contribution >= 4 is 35.4 Å². The SMILES string of the molecule is Cc1ncsc1-c1ccc(CCNC(=O)[C@@H]2C[C@@H](O)CN2C[C@@H](c2cc(N(C)C3CCN(C(=O)OC(C)(C)C)CC3)no2)[C@H](C)C=O)cc1. The molecule has 0 saturated carbocycles. The highest BCUT2D eigenvalue weighted by molar-refractivity contribution is 7.13. The Bertz CT molecular complexity index is 1560.